The number of aryl methyl sites for hydroxylation is 1. The van der Waals surface area contributed by atoms with Crippen LogP contribution < -0.4 is 10.5 Å². The topological polar surface area (TPSA) is 99.3 Å². The minimum Gasteiger partial charge on any atom is -0.489 e. The van der Waals surface area contributed by atoms with Gasteiger partial charge in [0.05, 0.1) is 6.61 Å². The first-order valence-electron chi connectivity index (χ1n) is 9.31. The van der Waals surface area contributed by atoms with Crippen molar-refractivity contribution in [2.24, 2.45) is 5.73 Å². The van der Waals surface area contributed by atoms with Crippen molar-refractivity contribution in [3.8, 4) is 17.6 Å². The molecule has 2 aromatic heterocycles. The van der Waals surface area contributed by atoms with Crippen LogP contribution in [0.4, 0.5) is 0 Å². The van der Waals surface area contributed by atoms with Gasteiger partial charge in [-0.25, -0.2) is 4.98 Å². The van der Waals surface area contributed by atoms with Gasteiger partial charge in [0.25, 0.3) is 0 Å². The van der Waals surface area contributed by atoms with Crippen molar-refractivity contribution in [1.82, 2.24) is 14.7 Å². The van der Waals surface area contributed by atoms with Crippen LogP contribution in [0.1, 0.15) is 42.2 Å². The standard InChI is InChI=1S/C21H22N4O3/c1-2-21-23-9-10-25(21)19(13-26)18-11-16(28-24-18)8-5-14-3-6-15(7-4-14)27-20-12-17(20)22/h3-4,6-7,9-11,17,19-20,26H,2,12-13,22H2,1H3. The first-order chi connectivity index (χ1) is 13.7. The Bertz CT molecular complexity index is 997. The van der Waals surface area contributed by atoms with Gasteiger partial charge >= 0.3 is 0 Å². The number of aromatic nitrogens is 3. The van der Waals surface area contributed by atoms with E-state index in [4.69, 9.17) is 15.0 Å². The van der Waals surface area contributed by atoms with Gasteiger partial charge in [0.2, 0.25) is 5.76 Å². The SMILES string of the molecule is CCc1nccn1C(CO)c1cc(C#Cc2ccc(OC3CC3N)cc2)on1. The first-order valence-corrected chi connectivity index (χ1v) is 9.31. The van der Waals surface area contributed by atoms with Crippen molar-refractivity contribution in [2.45, 2.75) is 38.0 Å². The molecule has 0 aliphatic heterocycles. The van der Waals surface area contributed by atoms with Crippen molar-refractivity contribution in [1.29, 1.82) is 0 Å². The third kappa shape index (κ3) is 3.93. The maximum Gasteiger partial charge on any atom is 0.210 e. The van der Waals surface area contributed by atoms with E-state index in [2.05, 4.69) is 22.0 Å². The number of ether oxygens (including phenoxy) is 1. The fraction of sp³-hybridized carbons (Fsp3) is 0.333. The quantitative estimate of drug-likeness (QED) is 0.636. The molecule has 144 valence electrons. The van der Waals surface area contributed by atoms with Crippen molar-refractivity contribution in [2.75, 3.05) is 6.61 Å². The molecule has 7 nitrogen and oxygen atoms in total. The van der Waals surface area contributed by atoms with Gasteiger partial charge in [-0.3, -0.25) is 0 Å². The van der Waals surface area contributed by atoms with Gasteiger partial charge in [-0.05, 0) is 30.2 Å². The molecule has 0 spiro atoms. The van der Waals surface area contributed by atoms with Crippen LogP contribution >= 0.6 is 0 Å². The molecule has 4 rings (SSSR count). The molecule has 3 aromatic rings. The highest BCUT2D eigenvalue weighted by atomic mass is 16.5. The van der Waals surface area contributed by atoms with Gasteiger partial charge < -0.3 is 24.7 Å². The first kappa shape index (κ1) is 18.3. The van der Waals surface area contributed by atoms with E-state index in [1.54, 1.807) is 12.3 Å². The zero-order chi connectivity index (χ0) is 19.5. The Labute approximate surface area is 163 Å². The normalized spacial score (nSPS) is 19.0. The van der Waals surface area contributed by atoms with Gasteiger partial charge in [-0.1, -0.05) is 18.0 Å². The monoisotopic (exact) mass is 378 g/mol. The summed E-state index contributed by atoms with van der Waals surface area (Å²) in [5, 5.41) is 13.9. The van der Waals surface area contributed by atoms with E-state index in [1.807, 2.05) is 42.0 Å². The molecule has 1 aliphatic rings. The average molecular weight is 378 g/mol. The fourth-order valence-electron chi connectivity index (χ4n) is 2.98. The largest absolute Gasteiger partial charge is 0.489 e. The van der Waals surface area contributed by atoms with E-state index < -0.39 is 0 Å². The Kier molecular flexibility index (Phi) is 5.15. The number of nitrogens with two attached hydrogens (primary N) is 1. The molecule has 1 aromatic carbocycles. The summed E-state index contributed by atoms with van der Waals surface area (Å²) in [5.41, 5.74) is 7.21. The van der Waals surface area contributed by atoms with Crippen molar-refractivity contribution >= 4 is 0 Å². The van der Waals surface area contributed by atoms with Crippen LogP contribution in [0.25, 0.3) is 0 Å². The summed E-state index contributed by atoms with van der Waals surface area (Å²) in [7, 11) is 0. The predicted molar refractivity (Wildman–Crippen MR) is 103 cm³/mol. The third-order valence-corrected chi connectivity index (χ3v) is 4.69. The number of nitrogens with zero attached hydrogens (tertiary/aromatic N) is 3. The second kappa shape index (κ2) is 7.89. The number of imidazole rings is 1. The summed E-state index contributed by atoms with van der Waals surface area (Å²) in [6.07, 6.45) is 5.35. The molecule has 1 saturated carbocycles. The molecule has 2 heterocycles. The number of hydrogen-bond donors (Lipinski definition) is 2. The zero-order valence-electron chi connectivity index (χ0n) is 15.6. The molecular formula is C21H22N4O3. The van der Waals surface area contributed by atoms with Crippen LogP contribution in [-0.2, 0) is 6.42 Å². The maximum atomic E-state index is 9.81. The molecule has 0 amide bonds. The Morgan fingerprint density at radius 3 is 2.82 bits per heavy atom. The van der Waals surface area contributed by atoms with Crippen LogP contribution in [0, 0.1) is 11.8 Å². The fourth-order valence-corrected chi connectivity index (χ4v) is 2.98. The lowest BCUT2D eigenvalue weighted by atomic mass is 10.2. The van der Waals surface area contributed by atoms with E-state index in [-0.39, 0.29) is 24.8 Å². The molecule has 0 bridgehead atoms. The Morgan fingerprint density at radius 1 is 1.36 bits per heavy atom. The minimum atomic E-state index is -0.345. The summed E-state index contributed by atoms with van der Waals surface area (Å²) in [6.45, 7) is 1.91. The number of benzene rings is 1. The summed E-state index contributed by atoms with van der Waals surface area (Å²) in [4.78, 5) is 4.29. The summed E-state index contributed by atoms with van der Waals surface area (Å²) >= 11 is 0. The van der Waals surface area contributed by atoms with E-state index in [0.29, 0.717) is 11.5 Å². The lowest BCUT2D eigenvalue weighted by Crippen LogP contribution is -2.16. The Balaban J connectivity index is 1.46. The number of hydrogen-bond acceptors (Lipinski definition) is 6. The maximum absolute atomic E-state index is 9.81. The molecule has 0 radical (unpaired) electrons. The van der Waals surface area contributed by atoms with E-state index in [0.717, 1.165) is 30.0 Å². The van der Waals surface area contributed by atoms with Crippen LogP contribution in [-0.4, -0.2) is 38.6 Å². The van der Waals surface area contributed by atoms with Gasteiger partial charge in [-0.2, -0.15) is 0 Å². The molecule has 7 heteroatoms. The lowest BCUT2D eigenvalue weighted by molar-refractivity contribution is 0.240. The van der Waals surface area contributed by atoms with Crippen molar-refractivity contribution < 1.29 is 14.4 Å². The molecule has 1 fully saturated rings. The molecule has 3 atom stereocenters. The zero-order valence-corrected chi connectivity index (χ0v) is 15.6. The minimum absolute atomic E-state index is 0.102. The number of aliphatic hydroxyl groups excluding tert-OH is 1. The molecular weight excluding hydrogens is 356 g/mol. The number of aliphatic hydroxyl groups is 1. The summed E-state index contributed by atoms with van der Waals surface area (Å²) in [5.74, 6) is 8.13. The summed E-state index contributed by atoms with van der Waals surface area (Å²) < 4.78 is 13.0. The lowest BCUT2D eigenvalue weighted by Gasteiger charge is -2.15. The number of rotatable bonds is 6. The molecule has 3 N–H and O–H groups in total. The van der Waals surface area contributed by atoms with E-state index in [9.17, 15) is 5.11 Å². The molecule has 1 aliphatic carbocycles. The Hall–Kier alpha value is -3.08. The average Bonchev–Trinajstić information content (AvgIpc) is 3.10. The molecule has 28 heavy (non-hydrogen) atoms. The van der Waals surface area contributed by atoms with Crippen LogP contribution in [0.5, 0.6) is 5.75 Å². The van der Waals surface area contributed by atoms with Crippen LogP contribution in [0.2, 0.25) is 0 Å². The highest BCUT2D eigenvalue weighted by molar-refractivity contribution is 5.42. The molecule has 0 saturated heterocycles. The van der Waals surface area contributed by atoms with E-state index >= 15 is 0 Å². The van der Waals surface area contributed by atoms with Gasteiger partial charge in [0.15, 0.2) is 0 Å². The van der Waals surface area contributed by atoms with Gasteiger partial charge in [0, 0.05) is 42.9 Å². The van der Waals surface area contributed by atoms with Crippen LogP contribution in [0.3, 0.4) is 0 Å². The highest BCUT2D eigenvalue weighted by Crippen LogP contribution is 2.26. The predicted octanol–water partition coefficient (Wildman–Crippen LogP) is 1.89. The highest BCUT2D eigenvalue weighted by Gasteiger charge is 2.35. The van der Waals surface area contributed by atoms with E-state index in [1.165, 1.54) is 0 Å². The summed E-state index contributed by atoms with van der Waals surface area (Å²) in [6, 6.07) is 9.11. The molecule has 3 unspecified atom stereocenters. The van der Waals surface area contributed by atoms with Gasteiger partial charge in [-0.15, -0.1) is 0 Å². The van der Waals surface area contributed by atoms with Crippen LogP contribution in [0.15, 0.2) is 47.2 Å². The Morgan fingerprint density at radius 2 is 2.14 bits per heavy atom. The second-order valence-electron chi connectivity index (χ2n) is 6.75. The van der Waals surface area contributed by atoms with Gasteiger partial charge in [0.1, 0.15) is 29.4 Å². The van der Waals surface area contributed by atoms with Crippen molar-refractivity contribution in [3.05, 3.63) is 65.6 Å². The smallest absolute Gasteiger partial charge is 0.210 e. The third-order valence-electron chi connectivity index (χ3n) is 4.69. The van der Waals surface area contributed by atoms with Crippen molar-refractivity contribution in [3.63, 3.8) is 0 Å². The second-order valence-corrected chi connectivity index (χ2v) is 6.75.